The lowest BCUT2D eigenvalue weighted by molar-refractivity contribution is 0.0606. The van der Waals surface area contributed by atoms with Gasteiger partial charge >= 0.3 is 0 Å². The summed E-state index contributed by atoms with van der Waals surface area (Å²) in [6.45, 7) is 1.91. The SMILES string of the molecule is Cc1nnsc1C(=O)N(Cc1ccccc1)C(=O)c1ccccc1. The molecular weight excluding hydrogens is 322 g/mol. The molecule has 0 atom stereocenters. The molecule has 0 saturated carbocycles. The number of hydrogen-bond donors (Lipinski definition) is 0. The van der Waals surface area contributed by atoms with Crippen molar-refractivity contribution in [3.8, 4) is 0 Å². The van der Waals surface area contributed by atoms with Gasteiger partial charge < -0.3 is 0 Å². The van der Waals surface area contributed by atoms with Crippen molar-refractivity contribution >= 4 is 23.3 Å². The highest BCUT2D eigenvalue weighted by molar-refractivity contribution is 7.08. The van der Waals surface area contributed by atoms with E-state index in [1.807, 2.05) is 36.4 Å². The number of aromatic nitrogens is 2. The maximum atomic E-state index is 12.9. The second-order valence-electron chi connectivity index (χ2n) is 5.24. The molecule has 3 rings (SSSR count). The van der Waals surface area contributed by atoms with Gasteiger partial charge in [0.25, 0.3) is 11.8 Å². The van der Waals surface area contributed by atoms with Crippen LogP contribution in [-0.4, -0.2) is 26.3 Å². The lowest BCUT2D eigenvalue weighted by Crippen LogP contribution is -2.36. The fourth-order valence-corrected chi connectivity index (χ4v) is 2.89. The Balaban J connectivity index is 1.96. The Morgan fingerprint density at radius 2 is 1.58 bits per heavy atom. The highest BCUT2D eigenvalue weighted by Crippen LogP contribution is 2.18. The highest BCUT2D eigenvalue weighted by Gasteiger charge is 2.27. The maximum Gasteiger partial charge on any atom is 0.274 e. The monoisotopic (exact) mass is 337 g/mol. The molecule has 0 spiro atoms. The number of amides is 2. The van der Waals surface area contributed by atoms with Crippen molar-refractivity contribution in [3.05, 3.63) is 82.4 Å². The summed E-state index contributed by atoms with van der Waals surface area (Å²) < 4.78 is 3.80. The first-order valence-electron chi connectivity index (χ1n) is 7.41. The van der Waals surface area contributed by atoms with Crippen LogP contribution in [0.15, 0.2) is 60.7 Å². The van der Waals surface area contributed by atoms with Crippen LogP contribution in [0.4, 0.5) is 0 Å². The Kier molecular flexibility index (Phi) is 4.77. The average Bonchev–Trinajstić information content (AvgIpc) is 3.06. The molecule has 0 aliphatic carbocycles. The number of imide groups is 1. The first kappa shape index (κ1) is 16.0. The fraction of sp³-hybridized carbons (Fsp3) is 0.111. The zero-order valence-electron chi connectivity index (χ0n) is 13.0. The summed E-state index contributed by atoms with van der Waals surface area (Å²) in [5.74, 6) is -0.711. The molecule has 2 aromatic carbocycles. The molecule has 1 aromatic heterocycles. The third-order valence-electron chi connectivity index (χ3n) is 3.54. The minimum Gasteiger partial charge on any atom is -0.269 e. The third kappa shape index (κ3) is 3.38. The zero-order valence-corrected chi connectivity index (χ0v) is 13.9. The molecule has 0 radical (unpaired) electrons. The van der Waals surface area contributed by atoms with E-state index in [4.69, 9.17) is 0 Å². The van der Waals surface area contributed by atoms with Crippen LogP contribution in [0.2, 0.25) is 0 Å². The molecular formula is C18H15N3O2S. The van der Waals surface area contributed by atoms with E-state index in [2.05, 4.69) is 9.59 Å². The molecule has 2 amide bonds. The molecule has 0 bridgehead atoms. The predicted octanol–water partition coefficient (Wildman–Crippen LogP) is 3.33. The van der Waals surface area contributed by atoms with Gasteiger partial charge in [0.05, 0.1) is 12.2 Å². The van der Waals surface area contributed by atoms with E-state index in [-0.39, 0.29) is 18.4 Å². The molecule has 0 N–H and O–H groups in total. The number of benzene rings is 2. The van der Waals surface area contributed by atoms with Crippen molar-refractivity contribution in [2.24, 2.45) is 0 Å². The van der Waals surface area contributed by atoms with Crippen LogP contribution in [0.25, 0.3) is 0 Å². The van der Waals surface area contributed by atoms with Crippen LogP contribution in [-0.2, 0) is 6.54 Å². The lowest BCUT2D eigenvalue weighted by Gasteiger charge is -2.20. The predicted molar refractivity (Wildman–Crippen MR) is 91.7 cm³/mol. The standard InChI is InChI=1S/C18H15N3O2S/c1-13-16(24-20-19-13)18(23)21(12-14-8-4-2-5-9-14)17(22)15-10-6-3-7-11-15/h2-11H,12H2,1H3. The van der Waals surface area contributed by atoms with E-state index >= 15 is 0 Å². The second-order valence-corrected chi connectivity index (χ2v) is 5.99. The van der Waals surface area contributed by atoms with Gasteiger partial charge in [0.2, 0.25) is 0 Å². The van der Waals surface area contributed by atoms with Crippen molar-refractivity contribution in [2.75, 3.05) is 0 Å². The van der Waals surface area contributed by atoms with E-state index in [0.717, 1.165) is 17.1 Å². The van der Waals surface area contributed by atoms with E-state index in [0.29, 0.717) is 16.1 Å². The summed E-state index contributed by atoms with van der Waals surface area (Å²) in [5.41, 5.74) is 1.88. The molecule has 5 nitrogen and oxygen atoms in total. The summed E-state index contributed by atoms with van der Waals surface area (Å²) >= 11 is 1.00. The first-order chi connectivity index (χ1) is 11.7. The average molecular weight is 337 g/mol. The van der Waals surface area contributed by atoms with Crippen LogP contribution in [0.5, 0.6) is 0 Å². The van der Waals surface area contributed by atoms with Crippen LogP contribution in [0, 0.1) is 6.92 Å². The Labute approximate surface area is 143 Å². The molecule has 24 heavy (non-hydrogen) atoms. The first-order valence-corrected chi connectivity index (χ1v) is 8.18. The third-order valence-corrected chi connectivity index (χ3v) is 4.36. The second kappa shape index (κ2) is 7.14. The van der Waals surface area contributed by atoms with Gasteiger partial charge in [-0.05, 0) is 36.2 Å². The molecule has 3 aromatic rings. The van der Waals surface area contributed by atoms with Gasteiger partial charge in [-0.2, -0.15) is 0 Å². The van der Waals surface area contributed by atoms with E-state index in [1.54, 1.807) is 31.2 Å². The zero-order chi connectivity index (χ0) is 16.9. The van der Waals surface area contributed by atoms with Crippen molar-refractivity contribution in [2.45, 2.75) is 13.5 Å². The Bertz CT molecular complexity index is 847. The minimum atomic E-state index is -0.375. The maximum absolute atomic E-state index is 12.9. The lowest BCUT2D eigenvalue weighted by atomic mass is 10.1. The number of nitrogens with zero attached hydrogens (tertiary/aromatic N) is 3. The van der Waals surface area contributed by atoms with Crippen molar-refractivity contribution in [1.82, 2.24) is 14.5 Å². The summed E-state index contributed by atoms with van der Waals surface area (Å²) in [6.07, 6.45) is 0. The molecule has 0 saturated heterocycles. The van der Waals surface area contributed by atoms with Gasteiger partial charge in [-0.15, -0.1) is 5.10 Å². The van der Waals surface area contributed by atoms with Gasteiger partial charge in [0.15, 0.2) is 0 Å². The molecule has 0 fully saturated rings. The summed E-state index contributed by atoms with van der Waals surface area (Å²) in [5, 5.41) is 3.87. The number of aryl methyl sites for hydroxylation is 1. The number of rotatable bonds is 4. The Hall–Kier alpha value is -2.86. The summed E-state index contributed by atoms with van der Waals surface area (Å²) in [4.78, 5) is 27.4. The van der Waals surface area contributed by atoms with Gasteiger partial charge in [0.1, 0.15) is 4.88 Å². The normalized spacial score (nSPS) is 10.4. The Morgan fingerprint density at radius 1 is 0.958 bits per heavy atom. The minimum absolute atomic E-state index is 0.199. The van der Waals surface area contributed by atoms with Gasteiger partial charge in [-0.3, -0.25) is 14.5 Å². The molecule has 6 heteroatoms. The molecule has 0 aliphatic rings. The molecule has 0 unspecified atom stereocenters. The van der Waals surface area contributed by atoms with Crippen molar-refractivity contribution in [1.29, 1.82) is 0 Å². The number of carbonyl (C=O) groups excluding carboxylic acids is 2. The quantitative estimate of drug-likeness (QED) is 0.685. The van der Waals surface area contributed by atoms with Gasteiger partial charge in [-0.1, -0.05) is 53.0 Å². The fourth-order valence-electron chi connectivity index (χ4n) is 2.29. The van der Waals surface area contributed by atoms with Crippen LogP contribution in [0.1, 0.15) is 31.3 Å². The summed E-state index contributed by atoms with van der Waals surface area (Å²) in [6, 6.07) is 18.2. The molecule has 120 valence electrons. The van der Waals surface area contributed by atoms with Crippen molar-refractivity contribution in [3.63, 3.8) is 0 Å². The largest absolute Gasteiger partial charge is 0.274 e. The molecule has 0 aliphatic heterocycles. The Morgan fingerprint density at radius 3 is 2.17 bits per heavy atom. The van der Waals surface area contributed by atoms with E-state index in [9.17, 15) is 9.59 Å². The van der Waals surface area contributed by atoms with E-state index in [1.165, 1.54) is 4.90 Å². The van der Waals surface area contributed by atoms with Crippen LogP contribution in [0.3, 0.4) is 0 Å². The van der Waals surface area contributed by atoms with Gasteiger partial charge in [0, 0.05) is 5.56 Å². The number of carbonyl (C=O) groups is 2. The summed E-state index contributed by atoms with van der Waals surface area (Å²) in [7, 11) is 0. The number of hydrogen-bond acceptors (Lipinski definition) is 5. The van der Waals surface area contributed by atoms with Crippen LogP contribution >= 0.6 is 11.5 Å². The topological polar surface area (TPSA) is 63.2 Å². The van der Waals surface area contributed by atoms with E-state index < -0.39 is 0 Å². The van der Waals surface area contributed by atoms with Crippen molar-refractivity contribution < 1.29 is 9.59 Å². The highest BCUT2D eigenvalue weighted by atomic mass is 32.1. The van der Waals surface area contributed by atoms with Gasteiger partial charge in [-0.25, -0.2) is 0 Å². The smallest absolute Gasteiger partial charge is 0.269 e. The van der Waals surface area contributed by atoms with Crippen LogP contribution < -0.4 is 0 Å². The molecule has 1 heterocycles.